The normalized spacial score (nSPS) is 16.1. The number of nitrogens with zero attached hydrogens (tertiary/aromatic N) is 3. The summed E-state index contributed by atoms with van der Waals surface area (Å²) in [6.07, 6.45) is 2.72. The van der Waals surface area contributed by atoms with E-state index in [9.17, 15) is 0 Å². The number of benzene rings is 1. The van der Waals surface area contributed by atoms with E-state index in [2.05, 4.69) is 33.5 Å². The lowest BCUT2D eigenvalue weighted by Crippen LogP contribution is -2.44. The number of anilines is 1. The predicted octanol–water partition coefficient (Wildman–Crippen LogP) is 4.36. The molecule has 0 radical (unpaired) electrons. The smallest absolute Gasteiger partial charge is 0.236 e. The zero-order chi connectivity index (χ0) is 20.8. The Morgan fingerprint density at radius 1 is 1.32 bits per heavy atom. The van der Waals surface area contributed by atoms with Crippen molar-refractivity contribution in [2.45, 2.75) is 25.9 Å². The molecule has 9 heteroatoms. The molecule has 1 unspecified atom stereocenters. The topological polar surface area (TPSA) is 74.9 Å². The number of hydrogen-bond donors (Lipinski definition) is 2. The Labute approximate surface area is 203 Å². The summed E-state index contributed by atoms with van der Waals surface area (Å²) >= 11 is 1.61. The maximum absolute atomic E-state index is 5.59. The van der Waals surface area contributed by atoms with Crippen LogP contribution < -0.4 is 20.3 Å². The second-order valence-corrected chi connectivity index (χ2v) is 8.01. The fourth-order valence-corrected chi connectivity index (χ4v) is 4.21. The van der Waals surface area contributed by atoms with Gasteiger partial charge in [0.1, 0.15) is 17.7 Å². The summed E-state index contributed by atoms with van der Waals surface area (Å²) in [7, 11) is 1.72. The average molecular weight is 553 g/mol. The van der Waals surface area contributed by atoms with Gasteiger partial charge in [0.25, 0.3) is 0 Å². The molecule has 1 aliphatic rings. The van der Waals surface area contributed by atoms with Crippen molar-refractivity contribution in [2.75, 3.05) is 31.6 Å². The van der Waals surface area contributed by atoms with Gasteiger partial charge in [0, 0.05) is 25.7 Å². The number of hydrogen-bond acceptors (Lipinski definition) is 6. The number of aromatic nitrogens is 1. The molecule has 0 spiro atoms. The maximum Gasteiger partial charge on any atom is 0.236 e. The quantitative estimate of drug-likeness (QED) is 0.257. The van der Waals surface area contributed by atoms with Gasteiger partial charge in [-0.1, -0.05) is 18.2 Å². The molecule has 1 atom stereocenters. The van der Waals surface area contributed by atoms with Crippen LogP contribution in [0.3, 0.4) is 0 Å². The number of aliphatic imine (C=N–C) groups is 1. The first-order valence-electron chi connectivity index (χ1n) is 10.2. The fourth-order valence-electron chi connectivity index (χ4n) is 3.55. The first-order valence-corrected chi connectivity index (χ1v) is 11.1. The van der Waals surface area contributed by atoms with Crippen LogP contribution in [0.2, 0.25) is 0 Å². The van der Waals surface area contributed by atoms with Gasteiger partial charge in [-0.25, -0.2) is 9.98 Å². The molecule has 7 nitrogen and oxygen atoms in total. The highest BCUT2D eigenvalue weighted by molar-refractivity contribution is 14.0. The highest BCUT2D eigenvalue weighted by atomic mass is 127. The van der Waals surface area contributed by atoms with Crippen molar-refractivity contribution in [1.82, 2.24) is 15.6 Å². The van der Waals surface area contributed by atoms with Crippen molar-refractivity contribution in [3.8, 4) is 16.5 Å². The predicted molar refractivity (Wildman–Crippen MR) is 137 cm³/mol. The Morgan fingerprint density at radius 2 is 2.19 bits per heavy atom. The van der Waals surface area contributed by atoms with Crippen molar-refractivity contribution in [2.24, 2.45) is 4.99 Å². The monoisotopic (exact) mass is 553 g/mol. The minimum Gasteiger partial charge on any atom is -0.495 e. The molecule has 3 heterocycles. The van der Waals surface area contributed by atoms with Crippen molar-refractivity contribution in [3.63, 3.8) is 0 Å². The van der Waals surface area contributed by atoms with Gasteiger partial charge in [0.2, 0.25) is 5.89 Å². The molecular weight excluding hydrogens is 525 g/mol. The van der Waals surface area contributed by atoms with E-state index in [1.807, 2.05) is 35.7 Å². The Hall–Kier alpha value is -2.27. The molecule has 1 aliphatic heterocycles. The van der Waals surface area contributed by atoms with Crippen LogP contribution in [0.5, 0.6) is 5.75 Å². The minimum atomic E-state index is 0. The highest BCUT2D eigenvalue weighted by Crippen LogP contribution is 2.30. The number of rotatable bonds is 7. The van der Waals surface area contributed by atoms with E-state index in [-0.39, 0.29) is 24.0 Å². The summed E-state index contributed by atoms with van der Waals surface area (Å²) in [5.41, 5.74) is 1.95. The maximum atomic E-state index is 5.59. The third kappa shape index (κ3) is 5.91. The van der Waals surface area contributed by atoms with Crippen molar-refractivity contribution < 1.29 is 9.15 Å². The van der Waals surface area contributed by atoms with Crippen LogP contribution in [-0.2, 0) is 6.54 Å². The molecule has 2 aromatic heterocycles. The molecule has 0 amide bonds. The standard InChI is InChI=1S/C22H27N5O2S.HI/c1-3-23-22(24-13-17-15-29-21(25-17)20-9-6-12-30-20)26-16-10-11-27(14-16)18-7-4-5-8-19(18)28-2;/h4-9,12,15-16H,3,10-11,13-14H2,1-2H3,(H2,23,24,26);1H. The third-order valence-electron chi connectivity index (χ3n) is 4.98. The summed E-state index contributed by atoms with van der Waals surface area (Å²) in [6.45, 7) is 5.21. The molecule has 0 aliphatic carbocycles. The summed E-state index contributed by atoms with van der Waals surface area (Å²) in [5, 5.41) is 8.90. The Bertz CT molecular complexity index is 976. The van der Waals surface area contributed by atoms with E-state index in [4.69, 9.17) is 14.1 Å². The number of nitrogens with one attached hydrogen (secondary N) is 2. The Morgan fingerprint density at radius 3 is 2.97 bits per heavy atom. The number of methoxy groups -OCH3 is 1. The van der Waals surface area contributed by atoms with Crippen LogP contribution in [0.4, 0.5) is 5.69 Å². The van der Waals surface area contributed by atoms with Crippen molar-refractivity contribution in [1.29, 1.82) is 0 Å². The molecule has 0 saturated carbocycles. The average Bonchev–Trinajstić information content (AvgIpc) is 3.53. The van der Waals surface area contributed by atoms with Crippen molar-refractivity contribution >= 4 is 47.0 Å². The van der Waals surface area contributed by atoms with Gasteiger partial charge in [-0.15, -0.1) is 35.3 Å². The lowest BCUT2D eigenvalue weighted by Gasteiger charge is -2.22. The minimum absolute atomic E-state index is 0. The number of para-hydroxylation sites is 2. The summed E-state index contributed by atoms with van der Waals surface area (Å²) in [4.78, 5) is 12.6. The van der Waals surface area contributed by atoms with Crippen LogP contribution in [0.25, 0.3) is 10.8 Å². The zero-order valence-corrected chi connectivity index (χ0v) is 20.9. The first kappa shape index (κ1) is 23.4. The van der Waals surface area contributed by atoms with Gasteiger partial charge in [-0.2, -0.15) is 0 Å². The lowest BCUT2D eigenvalue weighted by molar-refractivity contribution is 0.415. The zero-order valence-electron chi connectivity index (χ0n) is 17.7. The summed E-state index contributed by atoms with van der Waals surface area (Å²) < 4.78 is 11.1. The van der Waals surface area contributed by atoms with E-state index >= 15 is 0 Å². The number of thiophene rings is 1. The Kier molecular flexibility index (Phi) is 8.59. The second-order valence-electron chi connectivity index (χ2n) is 7.06. The molecule has 2 N–H and O–H groups in total. The number of oxazole rings is 1. The molecule has 166 valence electrons. The van der Waals surface area contributed by atoms with E-state index < -0.39 is 0 Å². The van der Waals surface area contributed by atoms with Gasteiger partial charge in [-0.05, 0) is 36.9 Å². The van der Waals surface area contributed by atoms with Crippen LogP contribution in [0, 0.1) is 0 Å². The molecule has 1 fully saturated rings. The fraction of sp³-hybridized carbons (Fsp3) is 0.364. The van der Waals surface area contributed by atoms with Gasteiger partial charge in [0.15, 0.2) is 5.96 Å². The van der Waals surface area contributed by atoms with E-state index in [1.165, 1.54) is 0 Å². The number of guanidine groups is 1. The summed E-state index contributed by atoms with van der Waals surface area (Å²) in [5.74, 6) is 2.35. The highest BCUT2D eigenvalue weighted by Gasteiger charge is 2.25. The van der Waals surface area contributed by atoms with Crippen LogP contribution >= 0.6 is 35.3 Å². The Balaban J connectivity index is 0.00000272. The van der Waals surface area contributed by atoms with E-state index in [1.54, 1.807) is 24.7 Å². The van der Waals surface area contributed by atoms with Crippen molar-refractivity contribution in [3.05, 3.63) is 53.7 Å². The molecule has 4 rings (SSSR count). The molecular formula is C22H28IN5O2S. The molecule has 31 heavy (non-hydrogen) atoms. The molecule has 1 aromatic carbocycles. The molecule has 1 saturated heterocycles. The lowest BCUT2D eigenvalue weighted by atomic mass is 10.2. The van der Waals surface area contributed by atoms with Crippen LogP contribution in [0.15, 0.2) is 57.5 Å². The summed E-state index contributed by atoms with van der Waals surface area (Å²) in [6, 6.07) is 12.5. The number of halogens is 1. The largest absolute Gasteiger partial charge is 0.495 e. The van der Waals surface area contributed by atoms with Crippen LogP contribution in [0.1, 0.15) is 19.0 Å². The van der Waals surface area contributed by atoms with Gasteiger partial charge in [0.05, 0.1) is 24.2 Å². The molecule has 3 aromatic rings. The van der Waals surface area contributed by atoms with E-state index in [0.29, 0.717) is 18.5 Å². The number of ether oxygens (including phenoxy) is 1. The van der Waals surface area contributed by atoms with Gasteiger partial charge < -0.3 is 24.7 Å². The van der Waals surface area contributed by atoms with Crippen LogP contribution in [-0.4, -0.2) is 43.7 Å². The third-order valence-corrected chi connectivity index (χ3v) is 5.84. The van der Waals surface area contributed by atoms with Gasteiger partial charge in [-0.3, -0.25) is 0 Å². The molecule has 0 bridgehead atoms. The SMILES string of the molecule is CCNC(=NCc1coc(-c2cccs2)n1)NC1CCN(c2ccccc2OC)C1.I. The second kappa shape index (κ2) is 11.4. The van der Waals surface area contributed by atoms with E-state index in [0.717, 1.165) is 54.0 Å². The first-order chi connectivity index (χ1) is 14.8. The van der Waals surface area contributed by atoms with Gasteiger partial charge >= 0.3 is 0 Å².